The number of hydrogen-bond donors (Lipinski definition) is 1. The number of nitrogens with two attached hydrogens (primary N) is 1. The number of ether oxygens (including phenoxy) is 1. The van der Waals surface area contributed by atoms with Crippen molar-refractivity contribution in [1.29, 1.82) is 0 Å². The third-order valence-corrected chi connectivity index (χ3v) is 2.29. The summed E-state index contributed by atoms with van der Waals surface area (Å²) in [5.74, 6) is 1.19. The van der Waals surface area contributed by atoms with Crippen LogP contribution in [0.1, 0.15) is 38.4 Å². The summed E-state index contributed by atoms with van der Waals surface area (Å²) in [4.78, 5) is 8.30. The van der Waals surface area contributed by atoms with Gasteiger partial charge in [0.05, 0.1) is 13.2 Å². The Morgan fingerprint density at radius 1 is 1.27 bits per heavy atom. The Hall–Kier alpha value is -1.16. The first-order valence-corrected chi connectivity index (χ1v) is 5.25. The van der Waals surface area contributed by atoms with Gasteiger partial charge in [0, 0.05) is 12.4 Å². The molecule has 1 rings (SSSR count). The highest BCUT2D eigenvalue weighted by Gasteiger charge is 2.14. The van der Waals surface area contributed by atoms with Crippen molar-refractivity contribution in [2.75, 3.05) is 7.11 Å². The van der Waals surface area contributed by atoms with Crippen LogP contribution >= 0.6 is 0 Å². The van der Waals surface area contributed by atoms with Crippen LogP contribution in [0.15, 0.2) is 12.4 Å². The minimum Gasteiger partial charge on any atom is -0.480 e. The molecule has 1 heterocycles. The van der Waals surface area contributed by atoms with Crippen LogP contribution in [-0.4, -0.2) is 17.1 Å². The second-order valence-corrected chi connectivity index (χ2v) is 4.03. The SMILES string of the molecule is COc1nccnc1C(N)CCC(C)C. The molecule has 15 heavy (non-hydrogen) atoms. The molecular formula is C11H19N3O. The third kappa shape index (κ3) is 3.47. The molecule has 0 aliphatic carbocycles. The standard InChI is InChI=1S/C11H19N3O/c1-8(2)4-5-9(12)10-11(15-3)14-7-6-13-10/h6-9H,4-5,12H2,1-3H3. The van der Waals surface area contributed by atoms with Crippen molar-refractivity contribution >= 4 is 0 Å². The maximum atomic E-state index is 6.04. The lowest BCUT2D eigenvalue weighted by molar-refractivity contribution is 0.379. The van der Waals surface area contributed by atoms with Gasteiger partial charge in [-0.3, -0.25) is 4.98 Å². The summed E-state index contributed by atoms with van der Waals surface area (Å²) in [7, 11) is 1.59. The van der Waals surface area contributed by atoms with Crippen molar-refractivity contribution in [1.82, 2.24) is 9.97 Å². The lowest BCUT2D eigenvalue weighted by atomic mass is 10.0. The maximum absolute atomic E-state index is 6.04. The van der Waals surface area contributed by atoms with Gasteiger partial charge in [0.1, 0.15) is 5.69 Å². The molecule has 0 radical (unpaired) electrons. The second kappa shape index (κ2) is 5.66. The summed E-state index contributed by atoms with van der Waals surface area (Å²) in [5, 5.41) is 0. The van der Waals surface area contributed by atoms with Gasteiger partial charge in [-0.1, -0.05) is 13.8 Å². The molecule has 1 unspecified atom stereocenters. The van der Waals surface area contributed by atoms with E-state index in [4.69, 9.17) is 10.5 Å². The summed E-state index contributed by atoms with van der Waals surface area (Å²) in [5.41, 5.74) is 6.79. The van der Waals surface area contributed by atoms with Gasteiger partial charge in [0.2, 0.25) is 5.88 Å². The van der Waals surface area contributed by atoms with Crippen LogP contribution in [0.2, 0.25) is 0 Å². The first-order valence-electron chi connectivity index (χ1n) is 5.25. The molecule has 1 aromatic heterocycles. The van der Waals surface area contributed by atoms with Gasteiger partial charge in [-0.25, -0.2) is 4.98 Å². The van der Waals surface area contributed by atoms with Gasteiger partial charge in [0.15, 0.2) is 0 Å². The molecule has 4 heteroatoms. The Labute approximate surface area is 90.9 Å². The Morgan fingerprint density at radius 2 is 1.93 bits per heavy atom. The van der Waals surface area contributed by atoms with E-state index >= 15 is 0 Å². The largest absolute Gasteiger partial charge is 0.480 e. The quantitative estimate of drug-likeness (QED) is 0.804. The molecule has 84 valence electrons. The summed E-state index contributed by atoms with van der Waals surface area (Å²) in [6.07, 6.45) is 5.25. The summed E-state index contributed by atoms with van der Waals surface area (Å²) >= 11 is 0. The highest BCUT2D eigenvalue weighted by molar-refractivity contribution is 5.20. The van der Waals surface area contributed by atoms with Gasteiger partial charge < -0.3 is 10.5 Å². The minimum atomic E-state index is -0.0870. The van der Waals surface area contributed by atoms with Crippen molar-refractivity contribution in [2.45, 2.75) is 32.7 Å². The molecule has 1 aromatic rings. The summed E-state index contributed by atoms with van der Waals surface area (Å²) in [6, 6.07) is -0.0870. The van der Waals surface area contributed by atoms with E-state index in [-0.39, 0.29) is 6.04 Å². The van der Waals surface area contributed by atoms with Crippen LogP contribution in [-0.2, 0) is 0 Å². The van der Waals surface area contributed by atoms with Crippen LogP contribution in [0.4, 0.5) is 0 Å². The van der Waals surface area contributed by atoms with Gasteiger partial charge >= 0.3 is 0 Å². The smallest absolute Gasteiger partial charge is 0.236 e. The van der Waals surface area contributed by atoms with E-state index < -0.39 is 0 Å². The molecule has 0 saturated heterocycles. The van der Waals surface area contributed by atoms with E-state index in [1.165, 1.54) is 0 Å². The number of nitrogens with zero attached hydrogens (tertiary/aromatic N) is 2. The summed E-state index contributed by atoms with van der Waals surface area (Å²) < 4.78 is 5.12. The van der Waals surface area contributed by atoms with Crippen molar-refractivity contribution in [3.05, 3.63) is 18.1 Å². The van der Waals surface area contributed by atoms with Crippen molar-refractivity contribution in [3.8, 4) is 5.88 Å². The van der Waals surface area contributed by atoms with E-state index in [1.807, 2.05) is 0 Å². The zero-order valence-electron chi connectivity index (χ0n) is 9.60. The molecule has 0 aliphatic heterocycles. The fraction of sp³-hybridized carbons (Fsp3) is 0.636. The maximum Gasteiger partial charge on any atom is 0.236 e. The van der Waals surface area contributed by atoms with Crippen molar-refractivity contribution < 1.29 is 4.74 Å². The van der Waals surface area contributed by atoms with Gasteiger partial charge in [-0.2, -0.15) is 0 Å². The average Bonchev–Trinajstić information content (AvgIpc) is 2.25. The van der Waals surface area contributed by atoms with E-state index in [0.29, 0.717) is 11.8 Å². The van der Waals surface area contributed by atoms with Crippen LogP contribution in [0, 0.1) is 5.92 Å². The third-order valence-electron chi connectivity index (χ3n) is 2.29. The van der Waals surface area contributed by atoms with E-state index in [2.05, 4.69) is 23.8 Å². The number of hydrogen-bond acceptors (Lipinski definition) is 4. The van der Waals surface area contributed by atoms with Gasteiger partial charge in [0.25, 0.3) is 0 Å². The molecular weight excluding hydrogens is 190 g/mol. The van der Waals surface area contributed by atoms with Crippen molar-refractivity contribution in [2.24, 2.45) is 11.7 Å². The predicted octanol–water partition coefficient (Wildman–Crippen LogP) is 1.92. The molecule has 1 atom stereocenters. The first-order chi connectivity index (χ1) is 7.15. The zero-order chi connectivity index (χ0) is 11.3. The highest BCUT2D eigenvalue weighted by atomic mass is 16.5. The molecule has 0 saturated carbocycles. The molecule has 0 aliphatic rings. The van der Waals surface area contributed by atoms with Gasteiger partial charge in [-0.05, 0) is 18.8 Å². The fourth-order valence-corrected chi connectivity index (χ4v) is 1.40. The van der Waals surface area contributed by atoms with Crippen LogP contribution < -0.4 is 10.5 Å². The number of methoxy groups -OCH3 is 1. The van der Waals surface area contributed by atoms with Gasteiger partial charge in [-0.15, -0.1) is 0 Å². The molecule has 0 aromatic carbocycles. The Morgan fingerprint density at radius 3 is 2.53 bits per heavy atom. The topological polar surface area (TPSA) is 61.0 Å². The van der Waals surface area contributed by atoms with E-state index in [0.717, 1.165) is 18.5 Å². The monoisotopic (exact) mass is 209 g/mol. The Bertz CT molecular complexity index is 302. The molecule has 0 amide bonds. The zero-order valence-corrected chi connectivity index (χ0v) is 9.60. The molecule has 0 bridgehead atoms. The lowest BCUT2D eigenvalue weighted by Gasteiger charge is -2.14. The normalized spacial score (nSPS) is 12.9. The fourth-order valence-electron chi connectivity index (χ4n) is 1.40. The van der Waals surface area contributed by atoms with Crippen LogP contribution in [0.5, 0.6) is 5.88 Å². The van der Waals surface area contributed by atoms with E-state index in [1.54, 1.807) is 19.5 Å². The number of aromatic nitrogens is 2. The highest BCUT2D eigenvalue weighted by Crippen LogP contribution is 2.22. The van der Waals surface area contributed by atoms with Crippen molar-refractivity contribution in [3.63, 3.8) is 0 Å². The first kappa shape index (κ1) is 11.9. The van der Waals surface area contributed by atoms with E-state index in [9.17, 15) is 0 Å². The number of rotatable bonds is 5. The molecule has 2 N–H and O–H groups in total. The average molecular weight is 209 g/mol. The lowest BCUT2D eigenvalue weighted by Crippen LogP contribution is -2.14. The Kier molecular flexibility index (Phi) is 4.49. The van der Waals surface area contributed by atoms with Crippen LogP contribution in [0.3, 0.4) is 0 Å². The Balaban J connectivity index is 2.68. The summed E-state index contributed by atoms with van der Waals surface area (Å²) in [6.45, 7) is 4.36. The minimum absolute atomic E-state index is 0.0870. The molecule has 0 fully saturated rings. The molecule has 4 nitrogen and oxygen atoms in total. The second-order valence-electron chi connectivity index (χ2n) is 4.03. The molecule has 0 spiro atoms. The van der Waals surface area contributed by atoms with Crippen LogP contribution in [0.25, 0.3) is 0 Å². The predicted molar refractivity (Wildman–Crippen MR) is 59.6 cm³/mol.